The second-order valence-corrected chi connectivity index (χ2v) is 9.06. The van der Waals surface area contributed by atoms with E-state index < -0.39 is 11.7 Å². The molecule has 0 saturated heterocycles. The lowest BCUT2D eigenvalue weighted by Gasteiger charge is -2.17. The van der Waals surface area contributed by atoms with Crippen molar-refractivity contribution in [2.75, 3.05) is 19.4 Å². The van der Waals surface area contributed by atoms with E-state index in [0.29, 0.717) is 42.0 Å². The Labute approximate surface area is 207 Å². The van der Waals surface area contributed by atoms with E-state index in [0.717, 1.165) is 24.2 Å². The molecule has 4 rings (SSSR count). The number of hydrogen-bond donors (Lipinski definition) is 1. The highest BCUT2D eigenvalue weighted by Crippen LogP contribution is 2.35. The number of nitrogens with zero attached hydrogens (tertiary/aromatic N) is 2. The van der Waals surface area contributed by atoms with Crippen LogP contribution in [0, 0.1) is 5.92 Å². The van der Waals surface area contributed by atoms with Crippen LogP contribution in [0.4, 0.5) is 24.7 Å². The first-order valence-corrected chi connectivity index (χ1v) is 11.5. The minimum atomic E-state index is -4.45. The fourth-order valence-corrected chi connectivity index (χ4v) is 4.13. The molecule has 0 bridgehead atoms. The van der Waals surface area contributed by atoms with Crippen LogP contribution in [0.15, 0.2) is 60.8 Å². The summed E-state index contributed by atoms with van der Waals surface area (Å²) in [5.74, 6) is 1.76. The highest BCUT2D eigenvalue weighted by molar-refractivity contribution is 5.94. The van der Waals surface area contributed by atoms with Crippen molar-refractivity contribution >= 4 is 23.2 Å². The quantitative estimate of drug-likeness (QED) is 0.418. The maximum Gasteiger partial charge on any atom is 0.417 e. The zero-order valence-electron chi connectivity index (χ0n) is 19.9. The Morgan fingerprint density at radius 1 is 1.11 bits per heavy atom. The fourth-order valence-electron chi connectivity index (χ4n) is 4.13. The van der Waals surface area contributed by atoms with Crippen LogP contribution in [0.25, 0.3) is 0 Å². The topological polar surface area (TPSA) is 71.5 Å². The van der Waals surface area contributed by atoms with E-state index in [-0.39, 0.29) is 23.4 Å². The Kier molecular flexibility index (Phi) is 7.28. The number of nitrogens with one attached hydrogen (secondary N) is 1. The minimum absolute atomic E-state index is 0.111. The van der Waals surface area contributed by atoms with E-state index in [9.17, 15) is 22.8 Å². The maximum atomic E-state index is 12.8. The third kappa shape index (κ3) is 6.21. The van der Waals surface area contributed by atoms with Crippen molar-refractivity contribution in [2.24, 2.45) is 5.92 Å². The molecule has 0 aliphatic heterocycles. The average Bonchev–Trinajstić information content (AvgIpc) is 3.25. The summed E-state index contributed by atoms with van der Waals surface area (Å²) in [5, 5.41) is 3.04. The molecule has 1 amide bonds. The molecule has 9 heteroatoms. The number of amides is 1. The number of anilines is 2. The number of carbonyl (C=O) groups is 2. The smallest absolute Gasteiger partial charge is 0.417 e. The molecule has 1 heterocycles. The van der Waals surface area contributed by atoms with Crippen LogP contribution in [-0.2, 0) is 17.4 Å². The predicted octanol–water partition coefficient (Wildman–Crippen LogP) is 6.25. The first kappa shape index (κ1) is 25.2. The molecule has 1 aliphatic rings. The largest absolute Gasteiger partial charge is 0.457 e. The van der Waals surface area contributed by atoms with Gasteiger partial charge < -0.3 is 15.0 Å². The standard InChI is InChI=1S/C27H26F3N3O3/c1-33(2)26(35)18-4-9-23(10-5-18)36-24-11-7-21(15-19(24)13-17-3-8-22(34)14-17)32-25-12-6-20(16-31-25)27(28,29)30/h4-7,9-12,15-17H,3,8,13-14H2,1-2H3,(H,31,32). The van der Waals surface area contributed by atoms with Crippen LogP contribution >= 0.6 is 0 Å². The molecule has 0 radical (unpaired) electrons. The van der Waals surface area contributed by atoms with Crippen LogP contribution < -0.4 is 10.1 Å². The van der Waals surface area contributed by atoms with Crippen molar-refractivity contribution in [3.05, 3.63) is 77.5 Å². The third-order valence-electron chi connectivity index (χ3n) is 6.02. The number of halogens is 3. The van der Waals surface area contributed by atoms with Gasteiger partial charge in [0.2, 0.25) is 0 Å². The monoisotopic (exact) mass is 497 g/mol. The van der Waals surface area contributed by atoms with E-state index in [1.165, 1.54) is 11.0 Å². The summed E-state index contributed by atoms with van der Waals surface area (Å²) in [6.45, 7) is 0. The van der Waals surface area contributed by atoms with Crippen LogP contribution in [-0.4, -0.2) is 35.7 Å². The second-order valence-electron chi connectivity index (χ2n) is 9.06. The van der Waals surface area contributed by atoms with Crippen LogP contribution in [0.3, 0.4) is 0 Å². The lowest BCUT2D eigenvalue weighted by molar-refractivity contribution is -0.137. The maximum absolute atomic E-state index is 12.8. The van der Waals surface area contributed by atoms with Gasteiger partial charge in [0.1, 0.15) is 23.1 Å². The van der Waals surface area contributed by atoms with E-state index in [1.54, 1.807) is 50.5 Å². The Bertz CT molecular complexity index is 1240. The molecule has 3 aromatic rings. The number of pyridine rings is 1. The van der Waals surface area contributed by atoms with Crippen molar-refractivity contribution in [3.8, 4) is 11.5 Å². The molecular weight excluding hydrogens is 471 g/mol. The minimum Gasteiger partial charge on any atom is -0.457 e. The summed E-state index contributed by atoms with van der Waals surface area (Å²) in [7, 11) is 3.37. The Hall–Kier alpha value is -3.88. The van der Waals surface area contributed by atoms with Gasteiger partial charge in [0.15, 0.2) is 0 Å². The molecule has 1 unspecified atom stereocenters. The van der Waals surface area contributed by atoms with Crippen molar-refractivity contribution in [1.29, 1.82) is 0 Å². The van der Waals surface area contributed by atoms with Gasteiger partial charge in [0, 0.05) is 44.4 Å². The number of Topliss-reactive ketones (excluding diaryl/α,β-unsaturated/α-hetero) is 1. The lowest BCUT2D eigenvalue weighted by atomic mass is 9.97. The summed E-state index contributed by atoms with van der Waals surface area (Å²) in [5.41, 5.74) is 1.23. The molecule has 1 atom stereocenters. The van der Waals surface area contributed by atoms with Gasteiger partial charge in [0.25, 0.3) is 5.91 Å². The summed E-state index contributed by atoms with van der Waals surface area (Å²) in [6, 6.07) is 14.5. The number of benzene rings is 2. The summed E-state index contributed by atoms with van der Waals surface area (Å²) in [4.78, 5) is 29.3. The van der Waals surface area contributed by atoms with Gasteiger partial charge in [-0.15, -0.1) is 0 Å². The van der Waals surface area contributed by atoms with Crippen LogP contribution in [0.2, 0.25) is 0 Å². The predicted molar refractivity (Wildman–Crippen MR) is 130 cm³/mol. The first-order valence-electron chi connectivity index (χ1n) is 11.5. The number of ketones is 1. The number of ether oxygens (including phenoxy) is 1. The second kappa shape index (κ2) is 10.4. The van der Waals surface area contributed by atoms with E-state index >= 15 is 0 Å². The van der Waals surface area contributed by atoms with Crippen molar-refractivity contribution in [1.82, 2.24) is 9.88 Å². The molecule has 6 nitrogen and oxygen atoms in total. The molecule has 188 valence electrons. The molecular formula is C27H26F3N3O3. The van der Waals surface area contributed by atoms with Gasteiger partial charge in [-0.3, -0.25) is 9.59 Å². The van der Waals surface area contributed by atoms with Gasteiger partial charge in [-0.1, -0.05) is 0 Å². The highest BCUT2D eigenvalue weighted by atomic mass is 19.4. The molecule has 1 aromatic heterocycles. The molecule has 1 saturated carbocycles. The van der Waals surface area contributed by atoms with Gasteiger partial charge in [-0.2, -0.15) is 13.2 Å². The normalized spacial score (nSPS) is 15.6. The Morgan fingerprint density at radius 2 is 1.86 bits per heavy atom. The van der Waals surface area contributed by atoms with E-state index in [1.807, 2.05) is 6.07 Å². The summed E-state index contributed by atoms with van der Waals surface area (Å²) < 4.78 is 44.6. The van der Waals surface area contributed by atoms with Crippen molar-refractivity contribution < 1.29 is 27.5 Å². The zero-order valence-corrected chi connectivity index (χ0v) is 19.9. The van der Waals surface area contributed by atoms with E-state index in [4.69, 9.17) is 4.74 Å². The Balaban J connectivity index is 1.56. The van der Waals surface area contributed by atoms with Crippen molar-refractivity contribution in [3.63, 3.8) is 0 Å². The number of alkyl halides is 3. The molecule has 1 N–H and O–H groups in total. The molecule has 2 aromatic carbocycles. The Morgan fingerprint density at radius 3 is 2.44 bits per heavy atom. The number of carbonyl (C=O) groups excluding carboxylic acids is 2. The first-order chi connectivity index (χ1) is 17.1. The highest BCUT2D eigenvalue weighted by Gasteiger charge is 2.30. The van der Waals surface area contributed by atoms with Crippen LogP contribution in [0.5, 0.6) is 11.5 Å². The average molecular weight is 498 g/mol. The fraction of sp³-hybridized carbons (Fsp3) is 0.296. The van der Waals surface area contributed by atoms with E-state index in [2.05, 4.69) is 10.3 Å². The van der Waals surface area contributed by atoms with Gasteiger partial charge >= 0.3 is 6.18 Å². The van der Waals surface area contributed by atoms with Gasteiger partial charge in [-0.05, 0) is 78.9 Å². The molecule has 36 heavy (non-hydrogen) atoms. The van der Waals surface area contributed by atoms with Gasteiger partial charge in [0.05, 0.1) is 5.56 Å². The third-order valence-corrected chi connectivity index (χ3v) is 6.02. The SMILES string of the molecule is CN(C)C(=O)c1ccc(Oc2ccc(Nc3ccc(C(F)(F)F)cn3)cc2CC2CCC(=O)C2)cc1. The molecule has 1 aliphatic carbocycles. The van der Waals surface area contributed by atoms with Gasteiger partial charge in [-0.25, -0.2) is 4.98 Å². The van der Waals surface area contributed by atoms with Crippen molar-refractivity contribution in [2.45, 2.75) is 31.9 Å². The number of aromatic nitrogens is 1. The summed E-state index contributed by atoms with van der Waals surface area (Å²) in [6.07, 6.45) is -1.16. The molecule has 0 spiro atoms. The number of rotatable bonds is 7. The zero-order chi connectivity index (χ0) is 25.9. The lowest BCUT2D eigenvalue weighted by Crippen LogP contribution is -2.21. The van der Waals surface area contributed by atoms with Crippen LogP contribution in [0.1, 0.15) is 40.7 Å². The summed E-state index contributed by atoms with van der Waals surface area (Å²) >= 11 is 0. The molecule has 1 fully saturated rings. The number of hydrogen-bond acceptors (Lipinski definition) is 5.